The van der Waals surface area contributed by atoms with E-state index < -0.39 is 35.6 Å². The number of fused-ring (bicyclic) bond motifs is 2. The molecular weight excluding hydrogens is 578 g/mol. The van der Waals surface area contributed by atoms with Crippen molar-refractivity contribution in [3.05, 3.63) is 63.7 Å². The first kappa shape index (κ1) is 30.6. The van der Waals surface area contributed by atoms with Crippen LogP contribution < -0.4 is 9.80 Å². The fourth-order valence-corrected chi connectivity index (χ4v) is 5.93. The van der Waals surface area contributed by atoms with Gasteiger partial charge in [-0.2, -0.15) is 31.6 Å². The Morgan fingerprint density at radius 3 is 2.23 bits per heavy atom. The first-order valence-electron chi connectivity index (χ1n) is 14.3. The average Bonchev–Trinajstić information content (AvgIpc) is 3.62. The Bertz CT molecular complexity index is 1410. The highest BCUT2D eigenvalue weighted by atomic mass is 19.4. The van der Waals surface area contributed by atoms with Crippen molar-refractivity contribution in [3.63, 3.8) is 0 Å². The van der Waals surface area contributed by atoms with Gasteiger partial charge in [0, 0.05) is 13.1 Å². The van der Waals surface area contributed by atoms with Crippen LogP contribution in [0.3, 0.4) is 0 Å². The van der Waals surface area contributed by atoms with Crippen molar-refractivity contribution in [2.24, 2.45) is 0 Å². The van der Waals surface area contributed by atoms with E-state index in [1.807, 2.05) is 26.0 Å². The lowest BCUT2D eigenvalue weighted by Gasteiger charge is -2.32. The number of rotatable bonds is 7. The van der Waals surface area contributed by atoms with Gasteiger partial charge in [0.2, 0.25) is 0 Å². The van der Waals surface area contributed by atoms with Crippen LogP contribution >= 0.6 is 0 Å². The lowest BCUT2D eigenvalue weighted by Crippen LogP contribution is -2.35. The number of aromatic amines is 1. The number of nitrogens with zero attached hydrogens (tertiary/aromatic N) is 5. The summed E-state index contributed by atoms with van der Waals surface area (Å²) in [4.78, 5) is 16.6. The van der Waals surface area contributed by atoms with Crippen molar-refractivity contribution in [2.75, 3.05) is 16.3 Å². The molecule has 14 heteroatoms. The number of H-pyrrole nitrogens is 1. The first-order chi connectivity index (χ1) is 20.4. The van der Waals surface area contributed by atoms with Crippen LogP contribution in [-0.2, 0) is 36.5 Å². The lowest BCUT2D eigenvalue weighted by molar-refractivity contribution is -0.143. The molecular formula is C29H32F6N6O2. The van der Waals surface area contributed by atoms with E-state index in [4.69, 9.17) is 4.74 Å². The second-order valence-electron chi connectivity index (χ2n) is 10.9. The molecule has 232 valence electrons. The molecule has 3 aromatic rings. The van der Waals surface area contributed by atoms with Gasteiger partial charge in [0.05, 0.1) is 22.9 Å². The van der Waals surface area contributed by atoms with Crippen LogP contribution in [0.15, 0.2) is 30.3 Å². The topological polar surface area (TPSA) is 87.2 Å². The van der Waals surface area contributed by atoms with Gasteiger partial charge >= 0.3 is 18.4 Å². The highest BCUT2D eigenvalue weighted by molar-refractivity contribution is 5.89. The summed E-state index contributed by atoms with van der Waals surface area (Å²) in [6, 6.07) is 4.89. The molecule has 0 radical (unpaired) electrons. The number of hydrogen-bond donors (Lipinski definition) is 1. The summed E-state index contributed by atoms with van der Waals surface area (Å²) < 4.78 is 87.8. The maximum Gasteiger partial charge on any atom is 0.416 e. The predicted molar refractivity (Wildman–Crippen MR) is 145 cm³/mol. The zero-order chi connectivity index (χ0) is 30.9. The predicted octanol–water partition coefficient (Wildman–Crippen LogP) is 7.40. The molecule has 0 spiro atoms. The minimum Gasteiger partial charge on any atom is -0.446 e. The number of alkyl halides is 6. The number of aromatic nitrogens is 4. The van der Waals surface area contributed by atoms with Gasteiger partial charge in [-0.25, -0.2) is 4.79 Å². The van der Waals surface area contributed by atoms with E-state index in [0.29, 0.717) is 55.6 Å². The van der Waals surface area contributed by atoms with Gasteiger partial charge in [-0.15, -0.1) is 5.10 Å². The number of nitrogens with one attached hydrogen (secondary N) is 1. The van der Waals surface area contributed by atoms with E-state index in [0.717, 1.165) is 30.4 Å². The molecule has 1 amide bonds. The van der Waals surface area contributed by atoms with E-state index in [1.54, 1.807) is 9.80 Å². The molecule has 5 rings (SSSR count). The summed E-state index contributed by atoms with van der Waals surface area (Å²) in [5.41, 5.74) is 0.465. The van der Waals surface area contributed by atoms with Gasteiger partial charge in [-0.3, -0.25) is 4.90 Å². The van der Waals surface area contributed by atoms with E-state index >= 15 is 0 Å². The molecule has 0 saturated carbocycles. The summed E-state index contributed by atoms with van der Waals surface area (Å²) >= 11 is 0. The quantitative estimate of drug-likeness (QED) is 0.281. The molecule has 0 unspecified atom stereocenters. The molecule has 1 aliphatic heterocycles. The average molecular weight is 611 g/mol. The van der Waals surface area contributed by atoms with Gasteiger partial charge in [0.1, 0.15) is 6.10 Å². The molecule has 2 heterocycles. The third-order valence-corrected chi connectivity index (χ3v) is 8.12. The van der Waals surface area contributed by atoms with Crippen LogP contribution in [0, 0.1) is 0 Å². The van der Waals surface area contributed by atoms with E-state index in [1.165, 1.54) is 0 Å². The van der Waals surface area contributed by atoms with Crippen molar-refractivity contribution in [3.8, 4) is 0 Å². The minimum absolute atomic E-state index is 0.00970. The molecule has 2 aromatic carbocycles. The molecule has 2 aliphatic rings. The van der Waals surface area contributed by atoms with Crippen molar-refractivity contribution in [2.45, 2.75) is 89.8 Å². The molecule has 43 heavy (non-hydrogen) atoms. The normalized spacial score (nSPS) is 17.0. The number of ether oxygens (including phenoxy) is 1. The second-order valence-corrected chi connectivity index (χ2v) is 10.9. The zero-order valence-corrected chi connectivity index (χ0v) is 23.7. The number of tetrazole rings is 1. The lowest BCUT2D eigenvalue weighted by atomic mass is 9.95. The van der Waals surface area contributed by atoms with E-state index in [9.17, 15) is 31.1 Å². The molecule has 0 saturated heterocycles. The Morgan fingerprint density at radius 2 is 1.65 bits per heavy atom. The summed E-state index contributed by atoms with van der Waals surface area (Å²) in [6.45, 7) is 3.82. The molecule has 0 bridgehead atoms. The number of aryl methyl sites for hydroxylation is 2. The molecule has 1 atom stereocenters. The first-order valence-corrected chi connectivity index (χ1v) is 14.3. The number of hydrogen-bond acceptors (Lipinski definition) is 6. The Balaban J connectivity index is 1.60. The molecule has 1 aromatic heterocycles. The third-order valence-electron chi connectivity index (χ3n) is 8.12. The third kappa shape index (κ3) is 6.57. The van der Waals surface area contributed by atoms with E-state index in [-0.39, 0.29) is 30.2 Å². The van der Waals surface area contributed by atoms with Crippen LogP contribution in [-0.4, -0.2) is 39.4 Å². The summed E-state index contributed by atoms with van der Waals surface area (Å²) in [6.07, 6.45) is -5.95. The fraction of sp³-hybridized carbons (Fsp3) is 0.517. The van der Waals surface area contributed by atoms with Gasteiger partial charge in [0.15, 0.2) is 0 Å². The van der Waals surface area contributed by atoms with Gasteiger partial charge in [0.25, 0.3) is 5.95 Å². The van der Waals surface area contributed by atoms with Crippen LogP contribution in [0.2, 0.25) is 0 Å². The highest BCUT2D eigenvalue weighted by Crippen LogP contribution is 2.43. The molecule has 1 aliphatic carbocycles. The number of amides is 1. The molecule has 1 N–H and O–H groups in total. The van der Waals surface area contributed by atoms with Crippen molar-refractivity contribution < 1.29 is 35.9 Å². The second kappa shape index (κ2) is 12.0. The van der Waals surface area contributed by atoms with Crippen molar-refractivity contribution in [1.29, 1.82) is 0 Å². The van der Waals surface area contributed by atoms with Crippen LogP contribution in [0.5, 0.6) is 0 Å². The number of carbonyl (C=O) groups excluding carboxylic acids is 1. The van der Waals surface area contributed by atoms with E-state index in [2.05, 4.69) is 20.6 Å². The standard InChI is InChI=1S/C29H32F6N6O2/c1-3-22(4-2)43-27(42)40-10-6-9-24(23-13-18-7-5-8-19(18)14-25(23)40)41(26-36-38-39-37-26)16-17-11-20(28(30,31)32)15-21(12-17)29(33,34)35/h11-15,22,24H,3-10,16H2,1-2H3,(H,36,37,38,39)/t24-/m0/s1. The Kier molecular flexibility index (Phi) is 8.57. The van der Waals surface area contributed by atoms with Gasteiger partial charge < -0.3 is 9.64 Å². The Hall–Kier alpha value is -3.84. The fourth-order valence-electron chi connectivity index (χ4n) is 5.93. The molecule has 8 nitrogen and oxygen atoms in total. The summed E-state index contributed by atoms with van der Waals surface area (Å²) in [5, 5.41) is 14.0. The smallest absolute Gasteiger partial charge is 0.416 e. The number of anilines is 2. The number of halogens is 6. The Labute approximate surface area is 244 Å². The van der Waals surface area contributed by atoms with Crippen LogP contribution in [0.25, 0.3) is 0 Å². The highest BCUT2D eigenvalue weighted by Gasteiger charge is 2.38. The summed E-state index contributed by atoms with van der Waals surface area (Å²) in [5.74, 6) is 0.00970. The maximum absolute atomic E-state index is 13.7. The van der Waals surface area contributed by atoms with Crippen molar-refractivity contribution in [1.82, 2.24) is 20.6 Å². The Morgan fingerprint density at radius 1 is 1.00 bits per heavy atom. The van der Waals surface area contributed by atoms with Crippen LogP contribution in [0.1, 0.15) is 85.4 Å². The van der Waals surface area contributed by atoms with Gasteiger partial charge in [-0.05, 0) is 96.7 Å². The molecule has 0 fully saturated rings. The largest absolute Gasteiger partial charge is 0.446 e. The maximum atomic E-state index is 13.7. The monoisotopic (exact) mass is 610 g/mol. The SMILES string of the molecule is CCC(CC)OC(=O)N1CCC[C@H](N(Cc2cc(C(F)(F)F)cc(C(F)(F)F)c2)c2nn[nH]n2)c2cc3c(cc21)CCC3. The zero-order valence-electron chi connectivity index (χ0n) is 23.7. The number of benzene rings is 2. The van der Waals surface area contributed by atoms with Crippen molar-refractivity contribution >= 4 is 17.7 Å². The number of carbonyl (C=O) groups is 1. The minimum atomic E-state index is -4.99. The van der Waals surface area contributed by atoms with Crippen LogP contribution in [0.4, 0.5) is 42.8 Å². The summed E-state index contributed by atoms with van der Waals surface area (Å²) in [7, 11) is 0. The van der Waals surface area contributed by atoms with Gasteiger partial charge in [-0.1, -0.05) is 25.0 Å².